The molecule has 0 aliphatic rings. The van der Waals surface area contributed by atoms with Gasteiger partial charge in [0, 0.05) is 18.0 Å². The first-order chi connectivity index (χ1) is 8.33. The SMILES string of the molecule is CC(CC(=N)N)N(C)CC(F)(F)c1ccccc1. The summed E-state index contributed by atoms with van der Waals surface area (Å²) in [6, 6.07) is 7.57. The van der Waals surface area contributed by atoms with E-state index in [-0.39, 0.29) is 24.0 Å². The number of likely N-dealkylation sites (N-methyl/N-ethyl adjacent to an activating group) is 1. The predicted molar refractivity (Wildman–Crippen MR) is 69.0 cm³/mol. The van der Waals surface area contributed by atoms with Gasteiger partial charge in [-0.1, -0.05) is 30.3 Å². The number of benzene rings is 1. The van der Waals surface area contributed by atoms with E-state index in [4.69, 9.17) is 11.1 Å². The molecule has 0 spiro atoms. The molecule has 0 aromatic heterocycles. The molecule has 0 bridgehead atoms. The number of nitrogens with two attached hydrogens (primary N) is 1. The van der Waals surface area contributed by atoms with E-state index in [1.807, 2.05) is 0 Å². The predicted octanol–water partition coefficient (Wildman–Crippen LogP) is 2.42. The molecule has 0 aliphatic carbocycles. The van der Waals surface area contributed by atoms with E-state index in [0.29, 0.717) is 6.42 Å². The van der Waals surface area contributed by atoms with Gasteiger partial charge in [0.25, 0.3) is 5.92 Å². The molecular weight excluding hydrogens is 236 g/mol. The van der Waals surface area contributed by atoms with E-state index in [9.17, 15) is 8.78 Å². The van der Waals surface area contributed by atoms with Crippen LogP contribution in [-0.4, -0.2) is 30.4 Å². The molecule has 3 nitrogen and oxygen atoms in total. The third kappa shape index (κ3) is 4.07. The Hall–Kier alpha value is -1.49. The first kappa shape index (κ1) is 14.6. The van der Waals surface area contributed by atoms with E-state index in [2.05, 4.69) is 0 Å². The second kappa shape index (κ2) is 5.91. The summed E-state index contributed by atoms with van der Waals surface area (Å²) in [7, 11) is 1.62. The van der Waals surface area contributed by atoms with Crippen molar-refractivity contribution in [2.24, 2.45) is 5.73 Å². The second-order valence-electron chi connectivity index (χ2n) is 4.56. The highest BCUT2D eigenvalue weighted by molar-refractivity contribution is 5.77. The molecule has 3 N–H and O–H groups in total. The van der Waals surface area contributed by atoms with Crippen molar-refractivity contribution < 1.29 is 8.78 Å². The van der Waals surface area contributed by atoms with Crippen LogP contribution in [0.3, 0.4) is 0 Å². The van der Waals surface area contributed by atoms with Crippen LogP contribution in [0.5, 0.6) is 0 Å². The zero-order chi connectivity index (χ0) is 13.8. The smallest absolute Gasteiger partial charge is 0.285 e. The fraction of sp³-hybridized carbons (Fsp3) is 0.462. The number of alkyl halides is 2. The van der Waals surface area contributed by atoms with Gasteiger partial charge < -0.3 is 5.73 Å². The Morgan fingerprint density at radius 1 is 1.39 bits per heavy atom. The lowest BCUT2D eigenvalue weighted by atomic mass is 10.1. The summed E-state index contributed by atoms with van der Waals surface area (Å²) in [6.45, 7) is 1.40. The normalized spacial score (nSPS) is 13.6. The number of amidine groups is 1. The van der Waals surface area contributed by atoms with Crippen molar-refractivity contribution in [3.05, 3.63) is 35.9 Å². The van der Waals surface area contributed by atoms with Crippen LogP contribution in [-0.2, 0) is 5.92 Å². The Bertz CT molecular complexity index is 392. The Labute approximate surface area is 106 Å². The van der Waals surface area contributed by atoms with Gasteiger partial charge in [-0.2, -0.15) is 8.78 Å². The molecule has 1 aromatic carbocycles. The lowest BCUT2D eigenvalue weighted by Gasteiger charge is -2.28. The topological polar surface area (TPSA) is 53.1 Å². The van der Waals surface area contributed by atoms with Gasteiger partial charge in [-0.15, -0.1) is 0 Å². The lowest BCUT2D eigenvalue weighted by molar-refractivity contribution is -0.0391. The Balaban J connectivity index is 2.68. The maximum atomic E-state index is 14.0. The summed E-state index contributed by atoms with van der Waals surface area (Å²) >= 11 is 0. The van der Waals surface area contributed by atoms with Crippen LogP contribution in [0.1, 0.15) is 18.9 Å². The van der Waals surface area contributed by atoms with Gasteiger partial charge in [-0.3, -0.25) is 10.3 Å². The maximum absolute atomic E-state index is 14.0. The van der Waals surface area contributed by atoms with Crippen LogP contribution in [0.25, 0.3) is 0 Å². The molecule has 1 rings (SSSR count). The average molecular weight is 255 g/mol. The van der Waals surface area contributed by atoms with Gasteiger partial charge in [0.05, 0.1) is 12.4 Å². The van der Waals surface area contributed by atoms with Crippen molar-refractivity contribution in [1.82, 2.24) is 4.90 Å². The Kier molecular flexibility index (Phi) is 4.78. The minimum Gasteiger partial charge on any atom is -0.388 e. The number of halogens is 2. The average Bonchev–Trinajstić information content (AvgIpc) is 2.28. The molecule has 0 fully saturated rings. The minimum absolute atomic E-state index is 0.00637. The maximum Gasteiger partial charge on any atom is 0.285 e. The summed E-state index contributed by atoms with van der Waals surface area (Å²) in [6.07, 6.45) is 0.293. The molecule has 0 radical (unpaired) electrons. The Morgan fingerprint density at radius 3 is 2.44 bits per heavy atom. The summed E-state index contributed by atoms with van der Waals surface area (Å²) in [5.74, 6) is -2.89. The molecule has 1 unspecified atom stereocenters. The van der Waals surface area contributed by atoms with Crippen LogP contribution in [0.15, 0.2) is 30.3 Å². The first-order valence-electron chi connectivity index (χ1n) is 5.79. The van der Waals surface area contributed by atoms with Gasteiger partial charge in [-0.05, 0) is 14.0 Å². The fourth-order valence-corrected chi connectivity index (χ4v) is 1.72. The van der Waals surface area contributed by atoms with Crippen molar-refractivity contribution in [3.63, 3.8) is 0 Å². The van der Waals surface area contributed by atoms with Crippen molar-refractivity contribution in [2.45, 2.75) is 25.3 Å². The molecule has 0 heterocycles. The lowest BCUT2D eigenvalue weighted by Crippen LogP contribution is -2.39. The van der Waals surface area contributed by atoms with E-state index < -0.39 is 5.92 Å². The van der Waals surface area contributed by atoms with Crippen LogP contribution in [0.4, 0.5) is 8.78 Å². The van der Waals surface area contributed by atoms with Gasteiger partial charge in [-0.25, -0.2) is 0 Å². The van der Waals surface area contributed by atoms with E-state index >= 15 is 0 Å². The summed E-state index contributed by atoms with van der Waals surface area (Å²) in [5, 5.41) is 7.18. The van der Waals surface area contributed by atoms with Crippen LogP contribution >= 0.6 is 0 Å². The summed E-state index contributed by atoms with van der Waals surface area (Å²) in [5.41, 5.74) is 5.28. The molecule has 1 atom stereocenters. The van der Waals surface area contributed by atoms with E-state index in [1.165, 1.54) is 17.0 Å². The van der Waals surface area contributed by atoms with Gasteiger partial charge in [0.15, 0.2) is 0 Å². The third-order valence-electron chi connectivity index (χ3n) is 2.91. The summed E-state index contributed by atoms with van der Waals surface area (Å²) in [4.78, 5) is 1.52. The standard InChI is InChI=1S/C13H19F2N3/c1-10(8-12(16)17)18(2)9-13(14,15)11-6-4-3-5-7-11/h3-7,10H,8-9H2,1-2H3,(H3,16,17). The van der Waals surface area contributed by atoms with Gasteiger partial charge in [0.2, 0.25) is 0 Å². The Morgan fingerprint density at radius 2 is 1.94 bits per heavy atom. The molecule has 1 aromatic rings. The van der Waals surface area contributed by atoms with Crippen molar-refractivity contribution in [2.75, 3.05) is 13.6 Å². The summed E-state index contributed by atoms with van der Waals surface area (Å²) < 4.78 is 28.0. The highest BCUT2D eigenvalue weighted by Crippen LogP contribution is 2.29. The number of rotatable bonds is 6. The van der Waals surface area contributed by atoms with Gasteiger partial charge >= 0.3 is 0 Å². The van der Waals surface area contributed by atoms with Crippen LogP contribution < -0.4 is 5.73 Å². The fourth-order valence-electron chi connectivity index (χ4n) is 1.72. The number of hydrogen-bond donors (Lipinski definition) is 2. The molecule has 100 valence electrons. The largest absolute Gasteiger partial charge is 0.388 e. The monoisotopic (exact) mass is 255 g/mol. The molecule has 0 amide bonds. The molecule has 0 saturated heterocycles. The zero-order valence-corrected chi connectivity index (χ0v) is 10.7. The van der Waals surface area contributed by atoms with E-state index in [1.54, 1.807) is 32.2 Å². The highest BCUT2D eigenvalue weighted by Gasteiger charge is 2.33. The quantitative estimate of drug-likeness (QED) is 0.606. The molecular formula is C13H19F2N3. The number of hydrogen-bond acceptors (Lipinski definition) is 2. The number of nitrogens with one attached hydrogen (secondary N) is 1. The minimum atomic E-state index is -2.90. The van der Waals surface area contributed by atoms with Crippen molar-refractivity contribution in [1.29, 1.82) is 5.41 Å². The molecule has 5 heteroatoms. The van der Waals surface area contributed by atoms with Crippen molar-refractivity contribution in [3.8, 4) is 0 Å². The van der Waals surface area contributed by atoms with Crippen molar-refractivity contribution >= 4 is 5.84 Å². The molecule has 18 heavy (non-hydrogen) atoms. The van der Waals surface area contributed by atoms with Crippen LogP contribution in [0, 0.1) is 5.41 Å². The first-order valence-corrected chi connectivity index (χ1v) is 5.79. The van der Waals surface area contributed by atoms with Gasteiger partial charge in [0.1, 0.15) is 0 Å². The van der Waals surface area contributed by atoms with E-state index in [0.717, 1.165) is 0 Å². The zero-order valence-electron chi connectivity index (χ0n) is 10.7. The highest BCUT2D eigenvalue weighted by atomic mass is 19.3. The van der Waals surface area contributed by atoms with Crippen LogP contribution in [0.2, 0.25) is 0 Å². The molecule has 0 saturated carbocycles. The third-order valence-corrected chi connectivity index (χ3v) is 2.91. The second-order valence-corrected chi connectivity index (χ2v) is 4.56. The molecule has 0 aliphatic heterocycles. The number of nitrogens with zero attached hydrogens (tertiary/aromatic N) is 1.